The zero-order chi connectivity index (χ0) is 13.4. The fourth-order valence-electron chi connectivity index (χ4n) is 3.21. The van der Waals surface area contributed by atoms with Gasteiger partial charge < -0.3 is 5.32 Å². The Morgan fingerprint density at radius 1 is 1.17 bits per heavy atom. The van der Waals surface area contributed by atoms with Crippen LogP contribution in [0.5, 0.6) is 0 Å². The van der Waals surface area contributed by atoms with Crippen LogP contribution in [0.4, 0.5) is 0 Å². The van der Waals surface area contributed by atoms with Crippen LogP contribution in [0.1, 0.15) is 66.2 Å². The van der Waals surface area contributed by atoms with Gasteiger partial charge >= 0.3 is 0 Å². The lowest BCUT2D eigenvalue weighted by molar-refractivity contribution is 0.120. The van der Waals surface area contributed by atoms with Crippen LogP contribution < -0.4 is 5.32 Å². The van der Waals surface area contributed by atoms with E-state index in [1.54, 1.807) is 0 Å². The maximum Gasteiger partial charge on any atom is 0.00981 e. The van der Waals surface area contributed by atoms with Crippen molar-refractivity contribution in [2.75, 3.05) is 19.6 Å². The molecule has 0 saturated heterocycles. The summed E-state index contributed by atoms with van der Waals surface area (Å²) in [7, 11) is 0. The first kappa shape index (κ1) is 16.0. The summed E-state index contributed by atoms with van der Waals surface area (Å²) in [6, 6.07) is 1.63. The minimum absolute atomic E-state index is 0.758. The number of hydrogen-bond donors (Lipinski definition) is 1. The Labute approximate surface area is 115 Å². The quantitative estimate of drug-likeness (QED) is 0.632. The van der Waals surface area contributed by atoms with Crippen molar-refractivity contribution in [2.45, 2.75) is 78.3 Å². The molecule has 1 saturated carbocycles. The van der Waals surface area contributed by atoms with Crippen molar-refractivity contribution >= 4 is 0 Å². The minimum atomic E-state index is 0.758. The van der Waals surface area contributed by atoms with Gasteiger partial charge in [0, 0.05) is 18.6 Å². The summed E-state index contributed by atoms with van der Waals surface area (Å²) in [6.45, 7) is 12.9. The van der Waals surface area contributed by atoms with Crippen LogP contribution in [-0.2, 0) is 0 Å². The van der Waals surface area contributed by atoms with Gasteiger partial charge in [0.15, 0.2) is 0 Å². The molecule has 0 aromatic rings. The molecule has 1 rings (SSSR count). The second kappa shape index (κ2) is 8.92. The summed E-state index contributed by atoms with van der Waals surface area (Å²) >= 11 is 0. The first-order valence-corrected chi connectivity index (χ1v) is 8.11. The molecule has 1 unspecified atom stereocenters. The van der Waals surface area contributed by atoms with Crippen LogP contribution in [0.15, 0.2) is 0 Å². The van der Waals surface area contributed by atoms with Crippen molar-refractivity contribution in [1.29, 1.82) is 0 Å². The van der Waals surface area contributed by atoms with E-state index in [-0.39, 0.29) is 0 Å². The van der Waals surface area contributed by atoms with E-state index in [0.717, 1.165) is 24.5 Å². The average molecular weight is 254 g/mol. The van der Waals surface area contributed by atoms with E-state index in [9.17, 15) is 0 Å². The van der Waals surface area contributed by atoms with Crippen LogP contribution in [-0.4, -0.2) is 36.6 Å². The van der Waals surface area contributed by atoms with Gasteiger partial charge in [0.2, 0.25) is 0 Å². The largest absolute Gasteiger partial charge is 0.317 e. The third-order valence-corrected chi connectivity index (χ3v) is 4.16. The van der Waals surface area contributed by atoms with Gasteiger partial charge in [-0.05, 0) is 51.6 Å². The molecule has 1 fully saturated rings. The van der Waals surface area contributed by atoms with Crippen molar-refractivity contribution in [2.24, 2.45) is 5.92 Å². The Hall–Kier alpha value is -0.0800. The van der Waals surface area contributed by atoms with Crippen LogP contribution in [0, 0.1) is 5.92 Å². The molecule has 2 heteroatoms. The van der Waals surface area contributed by atoms with Crippen LogP contribution in [0.3, 0.4) is 0 Å². The zero-order valence-corrected chi connectivity index (χ0v) is 13.0. The van der Waals surface area contributed by atoms with E-state index >= 15 is 0 Å². The lowest BCUT2D eigenvalue weighted by Gasteiger charge is -2.36. The highest BCUT2D eigenvalue weighted by molar-refractivity contribution is 4.81. The molecule has 2 nitrogen and oxygen atoms in total. The van der Waals surface area contributed by atoms with Gasteiger partial charge in [-0.25, -0.2) is 0 Å². The highest BCUT2D eigenvalue weighted by Crippen LogP contribution is 2.27. The number of hydrogen-bond acceptors (Lipinski definition) is 2. The predicted molar refractivity (Wildman–Crippen MR) is 81.0 cm³/mol. The Morgan fingerprint density at radius 3 is 2.39 bits per heavy atom. The Kier molecular flexibility index (Phi) is 7.92. The van der Waals surface area contributed by atoms with Crippen molar-refractivity contribution in [3.8, 4) is 0 Å². The van der Waals surface area contributed by atoms with E-state index in [1.807, 2.05) is 0 Å². The van der Waals surface area contributed by atoms with Gasteiger partial charge in [-0.1, -0.05) is 33.6 Å². The van der Waals surface area contributed by atoms with Gasteiger partial charge in [-0.3, -0.25) is 4.90 Å². The highest BCUT2D eigenvalue weighted by atomic mass is 15.2. The highest BCUT2D eigenvalue weighted by Gasteiger charge is 2.26. The first-order valence-electron chi connectivity index (χ1n) is 8.11. The standard InChI is InChI=1S/C16H34N2/c1-5-17-12-8-9-15(4)18(13-14(2)3)16-10-6-7-11-16/h14-17H,5-13H2,1-4H3. The topological polar surface area (TPSA) is 15.3 Å². The van der Waals surface area contributed by atoms with Crippen molar-refractivity contribution < 1.29 is 0 Å². The molecule has 1 atom stereocenters. The molecule has 0 heterocycles. The summed E-state index contributed by atoms with van der Waals surface area (Å²) < 4.78 is 0. The van der Waals surface area contributed by atoms with E-state index in [4.69, 9.17) is 0 Å². The number of rotatable bonds is 9. The fourth-order valence-corrected chi connectivity index (χ4v) is 3.21. The monoisotopic (exact) mass is 254 g/mol. The lowest BCUT2D eigenvalue weighted by Crippen LogP contribution is -2.43. The van der Waals surface area contributed by atoms with Crippen molar-refractivity contribution in [1.82, 2.24) is 10.2 Å². The molecule has 0 aliphatic heterocycles. The summed E-state index contributed by atoms with van der Waals surface area (Å²) in [6.07, 6.45) is 8.42. The van der Waals surface area contributed by atoms with Crippen LogP contribution >= 0.6 is 0 Å². The molecular formula is C16H34N2. The third-order valence-electron chi connectivity index (χ3n) is 4.16. The second-order valence-corrected chi connectivity index (χ2v) is 6.37. The van der Waals surface area contributed by atoms with Gasteiger partial charge in [-0.2, -0.15) is 0 Å². The normalized spacial score (nSPS) is 19.0. The Balaban J connectivity index is 2.37. The molecule has 0 radical (unpaired) electrons. The maximum absolute atomic E-state index is 3.43. The summed E-state index contributed by atoms with van der Waals surface area (Å²) in [5.74, 6) is 0.793. The van der Waals surface area contributed by atoms with Crippen LogP contribution in [0.2, 0.25) is 0 Å². The SMILES string of the molecule is CCNCCCC(C)N(CC(C)C)C1CCCC1. The smallest absolute Gasteiger partial charge is 0.00981 e. The Bertz CT molecular complexity index is 197. The molecule has 0 aromatic heterocycles. The van der Waals surface area contributed by atoms with E-state index in [1.165, 1.54) is 51.6 Å². The molecular weight excluding hydrogens is 220 g/mol. The number of nitrogens with one attached hydrogen (secondary N) is 1. The first-order chi connectivity index (χ1) is 8.65. The third kappa shape index (κ3) is 5.71. The average Bonchev–Trinajstić information content (AvgIpc) is 2.84. The van der Waals surface area contributed by atoms with Gasteiger partial charge in [0.25, 0.3) is 0 Å². The lowest BCUT2D eigenvalue weighted by atomic mass is 10.0. The Morgan fingerprint density at radius 2 is 1.83 bits per heavy atom. The maximum atomic E-state index is 3.43. The van der Waals surface area contributed by atoms with Gasteiger partial charge in [0.05, 0.1) is 0 Å². The molecule has 18 heavy (non-hydrogen) atoms. The van der Waals surface area contributed by atoms with Crippen molar-refractivity contribution in [3.63, 3.8) is 0 Å². The molecule has 1 aliphatic rings. The van der Waals surface area contributed by atoms with Gasteiger partial charge in [0.1, 0.15) is 0 Å². The molecule has 0 spiro atoms. The van der Waals surface area contributed by atoms with Crippen LogP contribution in [0.25, 0.3) is 0 Å². The predicted octanol–water partition coefficient (Wildman–Crippen LogP) is 3.67. The second-order valence-electron chi connectivity index (χ2n) is 6.37. The minimum Gasteiger partial charge on any atom is -0.317 e. The number of nitrogens with zero attached hydrogens (tertiary/aromatic N) is 1. The fraction of sp³-hybridized carbons (Fsp3) is 1.00. The molecule has 1 N–H and O–H groups in total. The summed E-state index contributed by atoms with van der Waals surface area (Å²) in [5, 5.41) is 3.43. The van der Waals surface area contributed by atoms with Gasteiger partial charge in [-0.15, -0.1) is 0 Å². The molecule has 0 aromatic carbocycles. The molecule has 0 bridgehead atoms. The molecule has 1 aliphatic carbocycles. The molecule has 108 valence electrons. The van der Waals surface area contributed by atoms with E-state index < -0.39 is 0 Å². The van der Waals surface area contributed by atoms with Crippen molar-refractivity contribution in [3.05, 3.63) is 0 Å². The van der Waals surface area contributed by atoms with E-state index in [0.29, 0.717) is 0 Å². The zero-order valence-electron chi connectivity index (χ0n) is 13.0. The summed E-state index contributed by atoms with van der Waals surface area (Å²) in [5.41, 5.74) is 0. The summed E-state index contributed by atoms with van der Waals surface area (Å²) in [4.78, 5) is 2.81. The molecule has 0 amide bonds. The van der Waals surface area contributed by atoms with E-state index in [2.05, 4.69) is 37.9 Å².